The molecule has 0 aliphatic carbocycles. The van der Waals surface area contributed by atoms with Crippen LogP contribution in [-0.4, -0.2) is 39.6 Å². The predicted molar refractivity (Wildman–Crippen MR) is 133 cm³/mol. The minimum absolute atomic E-state index is 0.226. The number of nitrogens with one attached hydrogen (secondary N) is 1. The maximum absolute atomic E-state index is 13.3. The first-order chi connectivity index (χ1) is 16.6. The van der Waals surface area contributed by atoms with E-state index in [1.54, 1.807) is 25.4 Å². The summed E-state index contributed by atoms with van der Waals surface area (Å²) in [6, 6.07) is 19.7. The molecule has 7 heteroatoms. The molecule has 3 heterocycles. The second-order valence-corrected chi connectivity index (χ2v) is 8.85. The zero-order valence-corrected chi connectivity index (χ0v) is 19.6. The van der Waals surface area contributed by atoms with E-state index in [4.69, 9.17) is 9.72 Å². The summed E-state index contributed by atoms with van der Waals surface area (Å²) in [6.07, 6.45) is 3.85. The van der Waals surface area contributed by atoms with Crippen molar-refractivity contribution >= 4 is 17.1 Å². The van der Waals surface area contributed by atoms with Crippen LogP contribution in [0.1, 0.15) is 43.0 Å². The fourth-order valence-corrected chi connectivity index (χ4v) is 4.83. The first-order valence-electron chi connectivity index (χ1n) is 11.8. The van der Waals surface area contributed by atoms with Gasteiger partial charge >= 0.3 is 0 Å². The zero-order chi connectivity index (χ0) is 23.5. The molecule has 0 radical (unpaired) electrons. The van der Waals surface area contributed by atoms with Crippen molar-refractivity contribution in [1.82, 2.24) is 19.4 Å². The van der Waals surface area contributed by atoms with Crippen molar-refractivity contribution in [2.45, 2.75) is 38.4 Å². The molecule has 1 unspecified atom stereocenters. The van der Waals surface area contributed by atoms with Crippen molar-refractivity contribution in [2.75, 3.05) is 25.5 Å². The molecular formula is C27H30FN5O. The fraction of sp³-hybridized carbons (Fsp3) is 0.333. The first-order valence-corrected chi connectivity index (χ1v) is 11.8. The quantitative estimate of drug-likeness (QED) is 0.390. The van der Waals surface area contributed by atoms with Crippen LogP contribution >= 0.6 is 0 Å². The Morgan fingerprint density at radius 3 is 2.50 bits per heavy atom. The molecule has 176 valence electrons. The monoisotopic (exact) mass is 459 g/mol. The Bertz CT molecular complexity index is 1230. The Labute approximate surface area is 199 Å². The second-order valence-electron chi connectivity index (χ2n) is 8.85. The fourth-order valence-electron chi connectivity index (χ4n) is 4.83. The molecule has 0 bridgehead atoms. The summed E-state index contributed by atoms with van der Waals surface area (Å²) >= 11 is 0. The van der Waals surface area contributed by atoms with Gasteiger partial charge < -0.3 is 14.6 Å². The maximum Gasteiger partial charge on any atom is 0.205 e. The van der Waals surface area contributed by atoms with Gasteiger partial charge in [0.05, 0.1) is 12.6 Å². The highest BCUT2D eigenvalue weighted by molar-refractivity contribution is 5.74. The molecule has 1 N–H and O–H groups in total. The molecule has 0 saturated carbocycles. The van der Waals surface area contributed by atoms with Crippen LogP contribution in [0, 0.1) is 5.82 Å². The number of likely N-dealkylation sites (tertiary alicyclic amines) is 1. The van der Waals surface area contributed by atoms with Gasteiger partial charge in [0.2, 0.25) is 5.95 Å². The molecule has 1 aliphatic rings. The van der Waals surface area contributed by atoms with Gasteiger partial charge in [-0.1, -0.05) is 24.3 Å². The number of hydrogen-bond acceptors (Lipinski definition) is 5. The number of anilines is 1. The highest BCUT2D eigenvalue weighted by atomic mass is 19.1. The van der Waals surface area contributed by atoms with E-state index in [9.17, 15) is 4.39 Å². The number of imidazole rings is 1. The van der Waals surface area contributed by atoms with Crippen molar-refractivity contribution in [3.05, 3.63) is 83.8 Å². The molecule has 4 aromatic rings. The first kappa shape index (κ1) is 22.3. The Morgan fingerprint density at radius 2 is 1.79 bits per heavy atom. The number of ether oxygens (including phenoxy) is 1. The van der Waals surface area contributed by atoms with Crippen molar-refractivity contribution in [2.24, 2.45) is 0 Å². The van der Waals surface area contributed by atoms with Crippen molar-refractivity contribution < 1.29 is 9.13 Å². The SMILES string of the molecule is COc1ccc(C(C)N2CCC(n3c(NCc4ccc(F)cc4)nc4ncccc43)CC2)cc1. The summed E-state index contributed by atoms with van der Waals surface area (Å²) < 4.78 is 20.9. The molecule has 0 spiro atoms. The topological polar surface area (TPSA) is 55.2 Å². The largest absolute Gasteiger partial charge is 0.497 e. The third-order valence-corrected chi connectivity index (χ3v) is 6.84. The molecule has 6 nitrogen and oxygen atoms in total. The van der Waals surface area contributed by atoms with Crippen LogP contribution in [-0.2, 0) is 6.54 Å². The van der Waals surface area contributed by atoms with E-state index in [0.717, 1.165) is 54.4 Å². The Balaban J connectivity index is 1.31. The molecule has 1 aliphatic heterocycles. The van der Waals surface area contributed by atoms with Crippen LogP contribution in [0.25, 0.3) is 11.2 Å². The van der Waals surface area contributed by atoms with Crippen LogP contribution in [0.15, 0.2) is 66.9 Å². The summed E-state index contributed by atoms with van der Waals surface area (Å²) in [4.78, 5) is 11.8. The lowest BCUT2D eigenvalue weighted by molar-refractivity contribution is 0.145. The number of nitrogens with zero attached hydrogens (tertiary/aromatic N) is 4. The zero-order valence-electron chi connectivity index (χ0n) is 19.6. The van der Waals surface area contributed by atoms with Crippen LogP contribution in [0.2, 0.25) is 0 Å². The minimum Gasteiger partial charge on any atom is -0.497 e. The Kier molecular flexibility index (Phi) is 6.45. The van der Waals surface area contributed by atoms with Crippen LogP contribution in [0.5, 0.6) is 5.75 Å². The average molecular weight is 460 g/mol. The van der Waals surface area contributed by atoms with E-state index >= 15 is 0 Å². The number of fused-ring (bicyclic) bond motifs is 1. The van der Waals surface area contributed by atoms with Crippen LogP contribution in [0.3, 0.4) is 0 Å². The molecule has 1 saturated heterocycles. The summed E-state index contributed by atoms with van der Waals surface area (Å²) in [5.74, 6) is 1.48. The summed E-state index contributed by atoms with van der Waals surface area (Å²) in [7, 11) is 1.70. The lowest BCUT2D eigenvalue weighted by Crippen LogP contribution is -2.36. The van der Waals surface area contributed by atoms with Crippen molar-refractivity contribution in [3.63, 3.8) is 0 Å². The Morgan fingerprint density at radius 1 is 1.06 bits per heavy atom. The van der Waals surface area contributed by atoms with E-state index in [0.29, 0.717) is 18.6 Å². The second kappa shape index (κ2) is 9.81. The molecule has 2 aromatic carbocycles. The normalized spacial score (nSPS) is 16.0. The number of piperidine rings is 1. The standard InChI is InChI=1S/C27H30FN5O/c1-19(21-7-11-24(34-2)12-8-21)32-16-13-23(14-17-32)33-25-4-3-15-29-26(25)31-27(33)30-18-20-5-9-22(28)10-6-20/h3-12,15,19,23H,13-14,16-18H2,1-2H3,(H,29,30,31). The van der Waals surface area contributed by atoms with Gasteiger partial charge in [-0.05, 0) is 67.3 Å². The van der Waals surface area contributed by atoms with E-state index in [1.165, 1.54) is 17.7 Å². The molecule has 5 rings (SSSR count). The van der Waals surface area contributed by atoms with Gasteiger partial charge in [0.15, 0.2) is 5.65 Å². The number of rotatable bonds is 7. The maximum atomic E-state index is 13.3. The van der Waals surface area contributed by atoms with Crippen LogP contribution in [0.4, 0.5) is 10.3 Å². The molecule has 1 atom stereocenters. The Hall–Kier alpha value is -3.45. The third-order valence-electron chi connectivity index (χ3n) is 6.84. The molecule has 0 amide bonds. The highest BCUT2D eigenvalue weighted by Crippen LogP contribution is 2.34. The lowest BCUT2D eigenvalue weighted by atomic mass is 9.99. The number of methoxy groups -OCH3 is 1. The average Bonchev–Trinajstić information content (AvgIpc) is 3.26. The van der Waals surface area contributed by atoms with Gasteiger partial charge in [-0.2, -0.15) is 4.98 Å². The molecule has 34 heavy (non-hydrogen) atoms. The smallest absolute Gasteiger partial charge is 0.205 e. The number of pyridine rings is 1. The molecular weight excluding hydrogens is 429 g/mol. The highest BCUT2D eigenvalue weighted by Gasteiger charge is 2.27. The van der Waals surface area contributed by atoms with Crippen LogP contribution < -0.4 is 10.1 Å². The van der Waals surface area contributed by atoms with Gasteiger partial charge in [0, 0.05) is 37.9 Å². The van der Waals surface area contributed by atoms with Gasteiger partial charge in [0.25, 0.3) is 0 Å². The number of halogens is 1. The van der Waals surface area contributed by atoms with Gasteiger partial charge in [0.1, 0.15) is 11.6 Å². The third kappa shape index (κ3) is 4.61. The van der Waals surface area contributed by atoms with Gasteiger partial charge in [-0.25, -0.2) is 9.37 Å². The van der Waals surface area contributed by atoms with E-state index in [-0.39, 0.29) is 5.82 Å². The number of aromatic nitrogens is 3. The summed E-state index contributed by atoms with van der Waals surface area (Å²) in [5.41, 5.74) is 4.11. The summed E-state index contributed by atoms with van der Waals surface area (Å²) in [6.45, 7) is 4.87. The summed E-state index contributed by atoms with van der Waals surface area (Å²) in [5, 5.41) is 3.47. The van der Waals surface area contributed by atoms with Crippen molar-refractivity contribution in [1.29, 1.82) is 0 Å². The van der Waals surface area contributed by atoms with Crippen molar-refractivity contribution in [3.8, 4) is 5.75 Å². The molecule has 2 aromatic heterocycles. The van der Waals surface area contributed by atoms with Gasteiger partial charge in [-0.15, -0.1) is 0 Å². The molecule has 1 fully saturated rings. The number of benzene rings is 2. The van der Waals surface area contributed by atoms with E-state index in [1.807, 2.05) is 18.2 Å². The van der Waals surface area contributed by atoms with Gasteiger partial charge in [-0.3, -0.25) is 4.90 Å². The predicted octanol–water partition coefficient (Wildman–Crippen LogP) is 5.59. The van der Waals surface area contributed by atoms with E-state index < -0.39 is 0 Å². The van der Waals surface area contributed by atoms with E-state index in [2.05, 4.69) is 44.9 Å². The minimum atomic E-state index is -0.226. The number of hydrogen-bond donors (Lipinski definition) is 1. The lowest BCUT2D eigenvalue weighted by Gasteiger charge is -2.37.